The number of carbonyl (C=O) groups excluding carboxylic acids is 1. The second-order valence-electron chi connectivity index (χ2n) is 7.12. The van der Waals surface area contributed by atoms with Crippen LogP contribution < -0.4 is 0 Å². The smallest absolute Gasteiger partial charge is 0.269 e. The lowest BCUT2D eigenvalue weighted by molar-refractivity contribution is -0.384. The van der Waals surface area contributed by atoms with Gasteiger partial charge >= 0.3 is 0 Å². The van der Waals surface area contributed by atoms with Gasteiger partial charge in [0.05, 0.1) is 14.7 Å². The average Bonchev–Trinajstić information content (AvgIpc) is 3.11. The molecule has 0 atom stereocenters. The van der Waals surface area contributed by atoms with E-state index in [-0.39, 0.29) is 48.5 Å². The molecule has 1 amide bonds. The Morgan fingerprint density at radius 1 is 1.10 bits per heavy atom. The lowest BCUT2D eigenvalue weighted by Crippen LogP contribution is -2.50. The summed E-state index contributed by atoms with van der Waals surface area (Å²) in [7, 11) is -3.83. The minimum Gasteiger partial charge on any atom is -0.335 e. The Kier molecular flexibility index (Phi) is 5.50. The molecular formula is C20H18FN3O5S2. The van der Waals surface area contributed by atoms with E-state index in [4.69, 9.17) is 0 Å². The number of halogens is 1. The van der Waals surface area contributed by atoms with E-state index < -0.39 is 14.9 Å². The number of thiophene rings is 1. The molecule has 0 unspecified atom stereocenters. The van der Waals surface area contributed by atoms with E-state index in [0.717, 1.165) is 12.1 Å². The number of fused-ring (bicyclic) bond motifs is 1. The number of nitro groups is 1. The Hall–Kier alpha value is -2.89. The van der Waals surface area contributed by atoms with Gasteiger partial charge in [-0.1, -0.05) is 6.07 Å². The molecular weight excluding hydrogens is 445 g/mol. The van der Waals surface area contributed by atoms with E-state index in [0.29, 0.717) is 20.5 Å². The molecule has 0 spiro atoms. The van der Waals surface area contributed by atoms with E-state index in [1.54, 1.807) is 24.0 Å². The van der Waals surface area contributed by atoms with E-state index in [9.17, 15) is 27.7 Å². The van der Waals surface area contributed by atoms with Crippen LogP contribution in [0.15, 0.2) is 47.4 Å². The number of aryl methyl sites for hydroxylation is 1. The van der Waals surface area contributed by atoms with Gasteiger partial charge in [-0.15, -0.1) is 11.3 Å². The zero-order valence-electron chi connectivity index (χ0n) is 16.4. The number of hydrogen-bond donors (Lipinski definition) is 0. The van der Waals surface area contributed by atoms with Crippen LogP contribution in [0.1, 0.15) is 15.2 Å². The van der Waals surface area contributed by atoms with Gasteiger partial charge in [0.15, 0.2) is 0 Å². The van der Waals surface area contributed by atoms with Crippen LogP contribution in [-0.4, -0.2) is 54.6 Å². The number of hydrogen-bond acceptors (Lipinski definition) is 6. The first-order chi connectivity index (χ1) is 14.7. The number of benzene rings is 2. The first-order valence-electron chi connectivity index (χ1n) is 9.41. The molecule has 0 saturated carbocycles. The summed E-state index contributed by atoms with van der Waals surface area (Å²) in [5, 5.41) is 11.2. The summed E-state index contributed by atoms with van der Waals surface area (Å²) in [6, 6.07) is 9.44. The summed E-state index contributed by atoms with van der Waals surface area (Å²) in [4.78, 5) is 25.2. The maximum absolute atomic E-state index is 14.1. The number of amides is 1. The van der Waals surface area contributed by atoms with Crippen molar-refractivity contribution in [1.29, 1.82) is 0 Å². The van der Waals surface area contributed by atoms with Crippen molar-refractivity contribution in [3.8, 4) is 0 Å². The van der Waals surface area contributed by atoms with Crippen molar-refractivity contribution in [3.05, 3.63) is 68.8 Å². The Labute approximate surface area is 181 Å². The minimum atomic E-state index is -3.83. The largest absolute Gasteiger partial charge is 0.335 e. The van der Waals surface area contributed by atoms with Gasteiger partial charge < -0.3 is 4.90 Å². The summed E-state index contributed by atoms with van der Waals surface area (Å²) in [5.41, 5.74) is 0.397. The molecule has 1 saturated heterocycles. The molecule has 162 valence electrons. The van der Waals surface area contributed by atoms with Crippen LogP contribution in [0.4, 0.5) is 10.1 Å². The Bertz CT molecular complexity index is 1280. The van der Waals surface area contributed by atoms with E-state index in [2.05, 4.69) is 0 Å². The molecule has 0 N–H and O–H groups in total. The molecule has 0 bridgehead atoms. The van der Waals surface area contributed by atoms with Crippen molar-refractivity contribution in [2.45, 2.75) is 11.8 Å². The highest BCUT2D eigenvalue weighted by Gasteiger charge is 2.32. The first-order valence-corrected chi connectivity index (χ1v) is 11.7. The molecule has 1 aromatic heterocycles. The molecule has 1 fully saturated rings. The molecule has 3 aromatic rings. The van der Waals surface area contributed by atoms with Gasteiger partial charge in [0.1, 0.15) is 5.82 Å². The van der Waals surface area contributed by atoms with Gasteiger partial charge in [-0.2, -0.15) is 4.31 Å². The van der Waals surface area contributed by atoms with Crippen molar-refractivity contribution < 1.29 is 22.5 Å². The Morgan fingerprint density at radius 2 is 1.74 bits per heavy atom. The summed E-state index contributed by atoms with van der Waals surface area (Å²) in [6.07, 6.45) is 0. The monoisotopic (exact) mass is 463 g/mol. The third-order valence-corrected chi connectivity index (χ3v) is 8.47. The Balaban J connectivity index is 1.49. The van der Waals surface area contributed by atoms with Crippen LogP contribution in [0.5, 0.6) is 0 Å². The van der Waals surface area contributed by atoms with Crippen molar-refractivity contribution in [2.24, 2.45) is 0 Å². The topological polar surface area (TPSA) is 101 Å². The standard InChI is InChI=1S/C20H18FN3O5S2/c1-13-18-16(21)3-2-4-17(18)30-19(13)20(25)22-9-11-23(12-10-22)31(28,29)15-7-5-14(6-8-15)24(26)27/h2-8H,9-12H2,1H3. The minimum absolute atomic E-state index is 0.0336. The van der Waals surface area contributed by atoms with Gasteiger partial charge in [-0.3, -0.25) is 14.9 Å². The quantitative estimate of drug-likeness (QED) is 0.436. The molecule has 0 radical (unpaired) electrons. The zero-order valence-corrected chi connectivity index (χ0v) is 18.1. The molecule has 0 aliphatic carbocycles. The highest BCUT2D eigenvalue weighted by Crippen LogP contribution is 2.33. The van der Waals surface area contributed by atoms with E-state index in [1.165, 1.54) is 33.8 Å². The van der Waals surface area contributed by atoms with E-state index >= 15 is 0 Å². The van der Waals surface area contributed by atoms with Crippen molar-refractivity contribution >= 4 is 43.0 Å². The predicted molar refractivity (Wildman–Crippen MR) is 114 cm³/mol. The Morgan fingerprint density at radius 3 is 2.32 bits per heavy atom. The van der Waals surface area contributed by atoms with Crippen molar-refractivity contribution in [2.75, 3.05) is 26.2 Å². The maximum atomic E-state index is 14.1. The highest BCUT2D eigenvalue weighted by molar-refractivity contribution is 7.89. The van der Waals surface area contributed by atoms with Crippen molar-refractivity contribution in [1.82, 2.24) is 9.21 Å². The average molecular weight is 464 g/mol. The molecule has 1 aliphatic heterocycles. The summed E-state index contributed by atoms with van der Waals surface area (Å²) in [6.45, 7) is 2.31. The molecule has 31 heavy (non-hydrogen) atoms. The number of nitrogens with zero attached hydrogens (tertiary/aromatic N) is 3. The molecule has 1 aliphatic rings. The molecule has 2 aromatic carbocycles. The van der Waals surface area contributed by atoms with Gasteiger partial charge in [0.25, 0.3) is 11.6 Å². The van der Waals surface area contributed by atoms with Crippen LogP contribution in [0.2, 0.25) is 0 Å². The number of piperazine rings is 1. The third kappa shape index (κ3) is 3.80. The zero-order chi connectivity index (χ0) is 22.3. The summed E-state index contributed by atoms with van der Waals surface area (Å²) >= 11 is 1.23. The van der Waals surface area contributed by atoms with Gasteiger partial charge in [-0.25, -0.2) is 12.8 Å². The number of non-ortho nitro benzene ring substituents is 1. The fourth-order valence-electron chi connectivity index (χ4n) is 3.62. The normalized spacial score (nSPS) is 15.4. The van der Waals surface area contributed by atoms with Crippen LogP contribution in [0.25, 0.3) is 10.1 Å². The first kappa shape index (κ1) is 21.3. The summed E-state index contributed by atoms with van der Waals surface area (Å²) in [5.74, 6) is -0.616. The van der Waals surface area contributed by atoms with Crippen LogP contribution in [-0.2, 0) is 10.0 Å². The van der Waals surface area contributed by atoms with Crippen molar-refractivity contribution in [3.63, 3.8) is 0 Å². The SMILES string of the molecule is Cc1c(C(=O)N2CCN(S(=O)(=O)c3ccc([N+](=O)[O-])cc3)CC2)sc2cccc(F)c12. The molecule has 11 heteroatoms. The number of sulfonamides is 1. The number of rotatable bonds is 4. The van der Waals surface area contributed by atoms with Gasteiger partial charge in [0, 0.05) is 48.4 Å². The number of carbonyl (C=O) groups is 1. The van der Waals surface area contributed by atoms with Crippen LogP contribution in [0.3, 0.4) is 0 Å². The second kappa shape index (κ2) is 7.98. The third-order valence-electron chi connectivity index (χ3n) is 5.31. The lowest BCUT2D eigenvalue weighted by atomic mass is 10.1. The number of nitro benzene ring substituents is 1. The molecule has 4 rings (SSSR count). The van der Waals surface area contributed by atoms with Gasteiger partial charge in [-0.05, 0) is 36.8 Å². The summed E-state index contributed by atoms with van der Waals surface area (Å²) < 4.78 is 41.8. The molecule has 2 heterocycles. The maximum Gasteiger partial charge on any atom is 0.269 e. The fourth-order valence-corrected chi connectivity index (χ4v) is 6.23. The molecule has 8 nitrogen and oxygen atoms in total. The lowest BCUT2D eigenvalue weighted by Gasteiger charge is -2.33. The van der Waals surface area contributed by atoms with Crippen LogP contribution >= 0.6 is 11.3 Å². The van der Waals surface area contributed by atoms with Gasteiger partial charge in [0.2, 0.25) is 10.0 Å². The van der Waals surface area contributed by atoms with E-state index in [1.807, 2.05) is 0 Å². The predicted octanol–water partition coefficient (Wildman–Crippen LogP) is 3.40. The highest BCUT2D eigenvalue weighted by atomic mass is 32.2. The fraction of sp³-hybridized carbons (Fsp3) is 0.250. The second-order valence-corrected chi connectivity index (χ2v) is 10.1. The van der Waals surface area contributed by atoms with Crippen LogP contribution in [0, 0.1) is 22.9 Å².